The van der Waals surface area contributed by atoms with Gasteiger partial charge in [-0.2, -0.15) is 0 Å². The Morgan fingerprint density at radius 1 is 1.00 bits per heavy atom. The quantitative estimate of drug-likeness (QED) is 0.462. The summed E-state index contributed by atoms with van der Waals surface area (Å²) >= 11 is -0.750. The van der Waals surface area contributed by atoms with Gasteiger partial charge < -0.3 is 21.4 Å². The zero-order valence-electron chi connectivity index (χ0n) is 1.83. The molecule has 0 heterocycles. The summed E-state index contributed by atoms with van der Waals surface area (Å²) in [5, 5.41) is 0. The van der Waals surface area contributed by atoms with Crippen LogP contribution < -0.4 is 0 Å². The third-order valence-electron chi connectivity index (χ3n) is 0. The topological polar surface area (TPSA) is 46.1 Å². The van der Waals surface area contributed by atoms with Gasteiger partial charge in [0.05, 0.1) is 0 Å². The van der Waals surface area contributed by atoms with Gasteiger partial charge in [-0.15, -0.1) is 0 Å². The molecule has 0 aromatic heterocycles. The minimum Gasteiger partial charge on any atom is -0.811 e. The molecule has 0 bridgehead atoms. The third-order valence-corrected chi connectivity index (χ3v) is 0. The van der Waals surface area contributed by atoms with Crippen LogP contribution >= 0.6 is 12.3 Å². The molecule has 0 fully saturated rings. The Balaban J connectivity index is -0.0000000200. The van der Waals surface area contributed by atoms with Crippen molar-refractivity contribution in [3.63, 3.8) is 0 Å². The molecule has 0 saturated carbocycles. The fourth-order valence-corrected chi connectivity index (χ4v) is 0. The molecular formula is Ag2O2S. The largest absolute Gasteiger partial charge is 1.00 e. The van der Waals surface area contributed by atoms with E-state index in [1.165, 1.54) is 0 Å². The van der Waals surface area contributed by atoms with E-state index in [-0.39, 0.29) is 44.8 Å². The third kappa shape index (κ3) is 26.4. The van der Waals surface area contributed by atoms with Gasteiger partial charge in [0.15, 0.2) is 0 Å². The van der Waals surface area contributed by atoms with Crippen molar-refractivity contribution >= 4 is 12.3 Å². The average Bonchev–Trinajstić information content (AvgIpc) is 0.918. The van der Waals surface area contributed by atoms with Crippen molar-refractivity contribution in [3.05, 3.63) is 0 Å². The maximum Gasteiger partial charge on any atom is 1.00 e. The monoisotopic (exact) mass is 278 g/mol. The standard InChI is InChI=1S/2Ag.H2O2S/c;;1-3-2/h;;1-2H/q2*+1;/p-2. The fourth-order valence-electron chi connectivity index (χ4n) is 0. The Kier molecular flexibility index (Phi) is 54.4. The van der Waals surface area contributed by atoms with Crippen LogP contribution in [0.15, 0.2) is 0 Å². The summed E-state index contributed by atoms with van der Waals surface area (Å²) in [5.41, 5.74) is 0. The molecule has 0 saturated heterocycles. The van der Waals surface area contributed by atoms with E-state index in [2.05, 4.69) is 0 Å². The number of hydrogen-bond donors (Lipinski definition) is 0. The molecule has 0 unspecified atom stereocenters. The Bertz CT molecular complexity index is 7.61. The molecule has 0 aromatic rings. The molecule has 5 heteroatoms. The van der Waals surface area contributed by atoms with Crippen molar-refractivity contribution in [1.82, 2.24) is 0 Å². The van der Waals surface area contributed by atoms with E-state index < -0.39 is 12.3 Å². The Morgan fingerprint density at radius 2 is 1.00 bits per heavy atom. The second-order valence-electron chi connectivity index (χ2n) is 0.0680. The minimum absolute atomic E-state index is 0. The summed E-state index contributed by atoms with van der Waals surface area (Å²) in [6, 6.07) is 0. The van der Waals surface area contributed by atoms with E-state index in [1.807, 2.05) is 0 Å². The van der Waals surface area contributed by atoms with Crippen molar-refractivity contribution in [2.45, 2.75) is 0 Å². The van der Waals surface area contributed by atoms with Gasteiger partial charge in [-0.1, -0.05) is 0 Å². The van der Waals surface area contributed by atoms with E-state index in [0.29, 0.717) is 0 Å². The van der Waals surface area contributed by atoms with Crippen molar-refractivity contribution in [1.29, 1.82) is 0 Å². The maximum absolute atomic E-state index is 8.29. The van der Waals surface area contributed by atoms with Crippen molar-refractivity contribution < 1.29 is 53.9 Å². The summed E-state index contributed by atoms with van der Waals surface area (Å²) in [6.45, 7) is 0. The Hall–Kier alpha value is 1.75. The maximum atomic E-state index is 8.29. The van der Waals surface area contributed by atoms with Crippen LogP contribution in [0, 0.1) is 0 Å². The van der Waals surface area contributed by atoms with Crippen molar-refractivity contribution in [2.75, 3.05) is 0 Å². The van der Waals surface area contributed by atoms with E-state index in [4.69, 9.17) is 9.11 Å². The predicted molar refractivity (Wildman–Crippen MR) is 9.15 cm³/mol. The van der Waals surface area contributed by atoms with E-state index in [0.717, 1.165) is 0 Å². The van der Waals surface area contributed by atoms with Crippen LogP contribution in [0.25, 0.3) is 0 Å². The molecular weight excluding hydrogens is 280 g/mol. The van der Waals surface area contributed by atoms with Crippen LogP contribution in [0.5, 0.6) is 0 Å². The molecule has 5 heavy (non-hydrogen) atoms. The molecule has 0 aliphatic rings. The SMILES string of the molecule is [Ag+].[Ag+].[O-]S[O-]. The van der Waals surface area contributed by atoms with Gasteiger partial charge in [-0.05, 0) is 0 Å². The Labute approximate surface area is 65.8 Å². The second-order valence-corrected chi connectivity index (χ2v) is 0.204. The van der Waals surface area contributed by atoms with Crippen LogP contribution in [0.4, 0.5) is 0 Å². The smallest absolute Gasteiger partial charge is 0.811 e. The molecule has 0 atom stereocenters. The molecule has 0 aliphatic carbocycles. The summed E-state index contributed by atoms with van der Waals surface area (Å²) in [5.74, 6) is 0. The van der Waals surface area contributed by atoms with Crippen LogP contribution in [-0.4, -0.2) is 9.11 Å². The summed E-state index contributed by atoms with van der Waals surface area (Å²) in [6.07, 6.45) is 0. The van der Waals surface area contributed by atoms with Gasteiger partial charge in [0, 0.05) is 0 Å². The molecule has 0 rings (SSSR count). The molecule has 2 nitrogen and oxygen atoms in total. The van der Waals surface area contributed by atoms with Crippen molar-refractivity contribution in [3.8, 4) is 0 Å². The van der Waals surface area contributed by atoms with Gasteiger partial charge in [-0.25, -0.2) is 0 Å². The molecule has 0 N–H and O–H groups in total. The predicted octanol–water partition coefficient (Wildman–Crippen LogP) is -0.0246. The molecule has 0 aromatic carbocycles. The van der Waals surface area contributed by atoms with E-state index >= 15 is 0 Å². The fraction of sp³-hybridized carbons (Fsp3) is 0. The van der Waals surface area contributed by atoms with Crippen LogP contribution in [0.2, 0.25) is 0 Å². The van der Waals surface area contributed by atoms with Gasteiger partial charge >= 0.3 is 44.8 Å². The first-order valence-electron chi connectivity index (χ1n) is 0.333. The number of rotatable bonds is 0. The van der Waals surface area contributed by atoms with E-state index in [9.17, 15) is 0 Å². The van der Waals surface area contributed by atoms with Crippen LogP contribution in [0.1, 0.15) is 0 Å². The summed E-state index contributed by atoms with van der Waals surface area (Å²) < 4.78 is 16.6. The first-order chi connectivity index (χ1) is 1.41. The van der Waals surface area contributed by atoms with Crippen LogP contribution in [0.3, 0.4) is 0 Å². The zero-order valence-corrected chi connectivity index (χ0v) is 5.61. The number of hydrogen-bond acceptors (Lipinski definition) is 3. The minimum atomic E-state index is -0.750. The average molecular weight is 280 g/mol. The molecule has 0 amide bonds. The molecule has 0 spiro atoms. The normalized spacial score (nSPS) is 3.60. The first-order valence-corrected chi connectivity index (χ1v) is 1.00. The summed E-state index contributed by atoms with van der Waals surface area (Å²) in [4.78, 5) is 0. The first kappa shape index (κ1) is 15.9. The van der Waals surface area contributed by atoms with Gasteiger partial charge in [0.2, 0.25) is 0 Å². The van der Waals surface area contributed by atoms with Crippen molar-refractivity contribution in [2.24, 2.45) is 0 Å². The Morgan fingerprint density at radius 3 is 1.00 bits per heavy atom. The molecule has 40 valence electrons. The summed E-state index contributed by atoms with van der Waals surface area (Å²) in [7, 11) is 0. The van der Waals surface area contributed by atoms with Gasteiger partial charge in [-0.3, -0.25) is 0 Å². The molecule has 0 aliphatic heterocycles. The zero-order chi connectivity index (χ0) is 2.71. The van der Waals surface area contributed by atoms with Gasteiger partial charge in [0.25, 0.3) is 0 Å². The second kappa shape index (κ2) is 17.2. The van der Waals surface area contributed by atoms with Crippen LogP contribution in [-0.2, 0) is 44.8 Å². The van der Waals surface area contributed by atoms with Gasteiger partial charge in [0.1, 0.15) is 0 Å². The van der Waals surface area contributed by atoms with E-state index in [1.54, 1.807) is 0 Å². The molecule has 0 radical (unpaired) electrons.